The van der Waals surface area contributed by atoms with Crippen LogP contribution < -0.4 is 21.3 Å². The van der Waals surface area contributed by atoms with Crippen LogP contribution in [0.4, 0.5) is 22.1 Å². The topological polar surface area (TPSA) is 105 Å². The first-order chi connectivity index (χ1) is 14.7. The van der Waals surface area contributed by atoms with Gasteiger partial charge in [0.15, 0.2) is 0 Å². The third-order valence-electron chi connectivity index (χ3n) is 5.62. The van der Waals surface area contributed by atoms with Crippen molar-refractivity contribution in [2.45, 2.75) is 52.7 Å². The highest BCUT2D eigenvalue weighted by Gasteiger charge is 2.26. The number of fused-ring (bicyclic) bond motifs is 1. The smallest absolute Gasteiger partial charge is 0.228 e. The standard InChI is InChI=1S/C22H29FN8/c1-11-9-31(10-12(2)25-11)20-17(8-16-6-7-18(23)13(3)19(16)29-20)14(4)26-22-28-15(5)27-21(24)30-22/h6-8,11-12,14,25H,9-10H2,1-5H3,(H3,24,26,27,28,30)/t11-,12+,14-/m0/s1. The van der Waals surface area contributed by atoms with E-state index < -0.39 is 0 Å². The van der Waals surface area contributed by atoms with Gasteiger partial charge in [0, 0.05) is 41.7 Å². The molecule has 4 rings (SSSR count). The largest absolute Gasteiger partial charge is 0.368 e. The number of halogens is 1. The molecular weight excluding hydrogens is 395 g/mol. The fourth-order valence-corrected chi connectivity index (χ4v) is 4.27. The number of nitrogen functional groups attached to an aromatic ring is 1. The van der Waals surface area contributed by atoms with E-state index in [9.17, 15) is 4.39 Å². The van der Waals surface area contributed by atoms with Gasteiger partial charge in [-0.2, -0.15) is 15.0 Å². The van der Waals surface area contributed by atoms with Crippen LogP contribution in [0.15, 0.2) is 18.2 Å². The molecule has 0 aliphatic carbocycles. The molecule has 3 aromatic rings. The van der Waals surface area contributed by atoms with Gasteiger partial charge in [-0.3, -0.25) is 0 Å². The van der Waals surface area contributed by atoms with Gasteiger partial charge in [0.2, 0.25) is 11.9 Å². The lowest BCUT2D eigenvalue weighted by atomic mass is 10.0. The summed E-state index contributed by atoms with van der Waals surface area (Å²) in [6.07, 6.45) is 0. The zero-order valence-corrected chi connectivity index (χ0v) is 18.6. The van der Waals surface area contributed by atoms with Gasteiger partial charge in [0.1, 0.15) is 17.5 Å². The Labute approximate surface area is 181 Å². The number of hydrogen-bond donors (Lipinski definition) is 3. The third-order valence-corrected chi connectivity index (χ3v) is 5.62. The lowest BCUT2D eigenvalue weighted by Crippen LogP contribution is -2.54. The molecule has 0 spiro atoms. The summed E-state index contributed by atoms with van der Waals surface area (Å²) in [5.41, 5.74) is 8.03. The second-order valence-corrected chi connectivity index (χ2v) is 8.45. The minimum absolute atomic E-state index is 0.154. The first-order valence-electron chi connectivity index (χ1n) is 10.6. The minimum atomic E-state index is -0.247. The van der Waals surface area contributed by atoms with Crippen LogP contribution in [0.1, 0.15) is 43.8 Å². The molecule has 0 saturated carbocycles. The number of piperazine rings is 1. The zero-order chi connectivity index (χ0) is 22.3. The van der Waals surface area contributed by atoms with E-state index in [0.29, 0.717) is 34.9 Å². The Hall–Kier alpha value is -3.07. The van der Waals surface area contributed by atoms with Crippen LogP contribution in [-0.2, 0) is 0 Å². The molecule has 0 radical (unpaired) electrons. The Bertz CT molecular complexity index is 1090. The number of nitrogens with one attached hydrogen (secondary N) is 2. The summed E-state index contributed by atoms with van der Waals surface area (Å²) in [5.74, 6) is 1.74. The highest BCUT2D eigenvalue weighted by Crippen LogP contribution is 2.32. The molecule has 3 atom stereocenters. The maximum atomic E-state index is 14.3. The average Bonchev–Trinajstić information content (AvgIpc) is 2.68. The van der Waals surface area contributed by atoms with Crippen molar-refractivity contribution in [3.8, 4) is 0 Å². The van der Waals surface area contributed by atoms with E-state index in [4.69, 9.17) is 10.7 Å². The summed E-state index contributed by atoms with van der Waals surface area (Å²) < 4.78 is 14.3. The Kier molecular flexibility index (Phi) is 5.62. The third kappa shape index (κ3) is 4.36. The monoisotopic (exact) mass is 424 g/mol. The van der Waals surface area contributed by atoms with Crippen molar-refractivity contribution in [1.29, 1.82) is 0 Å². The molecule has 9 heteroatoms. The van der Waals surface area contributed by atoms with Crippen molar-refractivity contribution in [1.82, 2.24) is 25.3 Å². The quantitative estimate of drug-likeness (QED) is 0.587. The molecule has 4 N–H and O–H groups in total. The average molecular weight is 425 g/mol. The summed E-state index contributed by atoms with van der Waals surface area (Å²) in [4.78, 5) is 19.8. The van der Waals surface area contributed by atoms with Crippen LogP contribution in [-0.4, -0.2) is 45.1 Å². The number of nitrogens with two attached hydrogens (primary N) is 1. The van der Waals surface area contributed by atoms with E-state index in [1.807, 2.05) is 6.92 Å². The molecule has 1 fully saturated rings. The number of hydrogen-bond acceptors (Lipinski definition) is 8. The summed E-state index contributed by atoms with van der Waals surface area (Å²) in [6.45, 7) is 11.5. The fraction of sp³-hybridized carbons (Fsp3) is 0.455. The zero-order valence-electron chi connectivity index (χ0n) is 18.6. The Morgan fingerprint density at radius 1 is 1.13 bits per heavy atom. The molecular formula is C22H29FN8. The molecule has 0 amide bonds. The van der Waals surface area contributed by atoms with E-state index in [-0.39, 0.29) is 17.8 Å². The lowest BCUT2D eigenvalue weighted by Gasteiger charge is -2.38. The van der Waals surface area contributed by atoms with Crippen LogP contribution in [0.3, 0.4) is 0 Å². The molecule has 1 aliphatic heterocycles. The first-order valence-corrected chi connectivity index (χ1v) is 10.6. The van der Waals surface area contributed by atoms with Gasteiger partial charge in [0.05, 0.1) is 11.6 Å². The van der Waals surface area contributed by atoms with Crippen LogP contribution in [0.2, 0.25) is 0 Å². The number of nitrogens with zero attached hydrogens (tertiary/aromatic N) is 5. The van der Waals surface area contributed by atoms with Gasteiger partial charge in [0.25, 0.3) is 0 Å². The molecule has 1 aromatic carbocycles. The van der Waals surface area contributed by atoms with E-state index in [0.717, 1.165) is 29.9 Å². The van der Waals surface area contributed by atoms with E-state index >= 15 is 0 Å². The van der Waals surface area contributed by atoms with Crippen molar-refractivity contribution in [2.75, 3.05) is 29.0 Å². The Balaban J connectivity index is 1.80. The molecule has 0 bridgehead atoms. The number of anilines is 3. The van der Waals surface area contributed by atoms with Crippen molar-refractivity contribution in [3.05, 3.63) is 41.0 Å². The highest BCUT2D eigenvalue weighted by atomic mass is 19.1. The molecule has 1 aliphatic rings. The van der Waals surface area contributed by atoms with Crippen molar-refractivity contribution < 1.29 is 4.39 Å². The Morgan fingerprint density at radius 2 is 1.84 bits per heavy atom. The second-order valence-electron chi connectivity index (χ2n) is 8.45. The SMILES string of the molecule is Cc1nc(N)nc(N[C@@H](C)c2cc3ccc(F)c(C)c3nc2N2C[C@@H](C)N[C@@H](C)C2)n1. The summed E-state index contributed by atoms with van der Waals surface area (Å²) in [5, 5.41) is 7.78. The molecule has 8 nitrogen and oxygen atoms in total. The number of benzene rings is 1. The number of pyridine rings is 1. The van der Waals surface area contributed by atoms with Gasteiger partial charge < -0.3 is 21.3 Å². The number of aromatic nitrogens is 4. The maximum Gasteiger partial charge on any atom is 0.228 e. The van der Waals surface area contributed by atoms with Crippen LogP contribution in [0.5, 0.6) is 0 Å². The molecule has 164 valence electrons. The molecule has 2 aromatic heterocycles. The molecule has 1 saturated heterocycles. The van der Waals surface area contributed by atoms with Crippen molar-refractivity contribution >= 4 is 28.6 Å². The van der Waals surface area contributed by atoms with Gasteiger partial charge >= 0.3 is 0 Å². The van der Waals surface area contributed by atoms with Gasteiger partial charge in [-0.25, -0.2) is 9.37 Å². The van der Waals surface area contributed by atoms with Crippen LogP contribution >= 0.6 is 0 Å². The van der Waals surface area contributed by atoms with Crippen LogP contribution in [0.25, 0.3) is 10.9 Å². The normalized spacial score (nSPS) is 20.1. The van der Waals surface area contributed by atoms with Gasteiger partial charge in [-0.05, 0) is 52.8 Å². The van der Waals surface area contributed by atoms with Gasteiger partial charge in [-0.15, -0.1) is 0 Å². The first kappa shape index (κ1) is 21.2. The maximum absolute atomic E-state index is 14.3. The fourth-order valence-electron chi connectivity index (χ4n) is 4.27. The van der Waals surface area contributed by atoms with Crippen molar-refractivity contribution in [3.63, 3.8) is 0 Å². The molecule has 3 heterocycles. The highest BCUT2D eigenvalue weighted by molar-refractivity contribution is 5.85. The summed E-state index contributed by atoms with van der Waals surface area (Å²) in [6, 6.07) is 5.83. The summed E-state index contributed by atoms with van der Waals surface area (Å²) in [7, 11) is 0. The predicted molar refractivity (Wildman–Crippen MR) is 122 cm³/mol. The van der Waals surface area contributed by atoms with E-state index in [1.54, 1.807) is 19.9 Å². The van der Waals surface area contributed by atoms with E-state index in [1.165, 1.54) is 6.07 Å². The van der Waals surface area contributed by atoms with Gasteiger partial charge in [-0.1, -0.05) is 0 Å². The lowest BCUT2D eigenvalue weighted by molar-refractivity contribution is 0.404. The number of rotatable bonds is 4. The van der Waals surface area contributed by atoms with E-state index in [2.05, 4.69) is 50.4 Å². The minimum Gasteiger partial charge on any atom is -0.368 e. The predicted octanol–water partition coefficient (Wildman–Crippen LogP) is 3.12. The summed E-state index contributed by atoms with van der Waals surface area (Å²) >= 11 is 0. The second kappa shape index (κ2) is 8.22. The van der Waals surface area contributed by atoms with Crippen molar-refractivity contribution in [2.24, 2.45) is 0 Å². The molecule has 31 heavy (non-hydrogen) atoms. The Morgan fingerprint density at radius 3 is 2.52 bits per heavy atom. The number of aryl methyl sites for hydroxylation is 2. The van der Waals surface area contributed by atoms with Crippen LogP contribution in [0, 0.1) is 19.7 Å². The molecule has 0 unspecified atom stereocenters.